The summed E-state index contributed by atoms with van der Waals surface area (Å²) >= 11 is 0. The number of ether oxygens (including phenoxy) is 1. The van der Waals surface area contributed by atoms with Crippen molar-refractivity contribution in [1.82, 2.24) is 29.5 Å². The fourth-order valence-corrected chi connectivity index (χ4v) is 5.81. The zero-order valence-electron chi connectivity index (χ0n) is 21.9. The third-order valence-corrected chi connectivity index (χ3v) is 8.00. The van der Waals surface area contributed by atoms with Gasteiger partial charge in [-0.2, -0.15) is 5.10 Å². The lowest BCUT2D eigenvalue weighted by atomic mass is 9.90. The summed E-state index contributed by atoms with van der Waals surface area (Å²) in [5.41, 5.74) is 8.58. The van der Waals surface area contributed by atoms with E-state index in [2.05, 4.69) is 26.8 Å². The third kappa shape index (κ3) is 5.02. The van der Waals surface area contributed by atoms with Crippen LogP contribution in [0, 0.1) is 10.1 Å². The van der Waals surface area contributed by atoms with E-state index < -0.39 is 4.92 Å². The molecule has 1 aliphatic carbocycles. The molecule has 0 atom stereocenters. The van der Waals surface area contributed by atoms with E-state index in [0.29, 0.717) is 17.6 Å². The second-order valence-corrected chi connectivity index (χ2v) is 10.4. The fourth-order valence-electron chi connectivity index (χ4n) is 5.81. The molecule has 0 amide bonds. The molecule has 0 bridgehead atoms. The molecule has 2 aliphatic rings. The first kappa shape index (κ1) is 25.2. The minimum Gasteiger partial charge on any atom is -0.450 e. The number of nitro groups is 1. The molecule has 39 heavy (non-hydrogen) atoms. The van der Waals surface area contributed by atoms with Crippen LogP contribution in [0.4, 0.5) is 11.5 Å². The zero-order chi connectivity index (χ0) is 26.9. The van der Waals surface area contributed by atoms with Crippen LogP contribution < -0.4 is 10.5 Å². The number of benzene rings is 2. The SMILES string of the molecule is CN1CCN([C@H]2CC[C@@H](n3nc(-c4ccc(Oc5ccccc5[N+](=O)[O-])cc4)c4c(N)ncnc43)CC2)CC1. The highest BCUT2D eigenvalue weighted by atomic mass is 16.6. The number of rotatable bonds is 6. The van der Waals surface area contributed by atoms with Crippen molar-refractivity contribution in [2.45, 2.75) is 37.8 Å². The summed E-state index contributed by atoms with van der Waals surface area (Å²) in [5, 5.41) is 17.1. The van der Waals surface area contributed by atoms with Crippen molar-refractivity contribution in [1.29, 1.82) is 0 Å². The fraction of sp³-hybridized carbons (Fsp3) is 0.393. The maximum Gasteiger partial charge on any atom is 0.311 e. The van der Waals surface area contributed by atoms with E-state index in [-0.39, 0.29) is 17.5 Å². The quantitative estimate of drug-likeness (QED) is 0.284. The van der Waals surface area contributed by atoms with Crippen molar-refractivity contribution < 1.29 is 9.66 Å². The van der Waals surface area contributed by atoms with Gasteiger partial charge in [0.25, 0.3) is 0 Å². The minimum atomic E-state index is -0.454. The molecule has 1 saturated heterocycles. The Morgan fingerprint density at radius 2 is 1.64 bits per heavy atom. The van der Waals surface area contributed by atoms with Gasteiger partial charge >= 0.3 is 5.69 Å². The Kier molecular flexibility index (Phi) is 6.84. The van der Waals surface area contributed by atoms with Crippen LogP contribution in [-0.2, 0) is 0 Å². The molecule has 3 heterocycles. The molecule has 11 heteroatoms. The van der Waals surface area contributed by atoms with Crippen molar-refractivity contribution in [2.75, 3.05) is 39.0 Å². The standard InChI is InChI=1S/C28H32N8O3/c1-33-14-16-34(17-15-33)20-8-10-21(11-9-20)35-28-25(27(29)30-18-31-28)26(32-35)19-6-12-22(13-7-19)39-24-5-3-2-4-23(24)36(37)38/h2-7,12-13,18,20-21H,8-11,14-17H2,1H3,(H2,29,30,31)/t20-,21+. The third-order valence-electron chi connectivity index (χ3n) is 8.00. The Hall–Kier alpha value is -4.09. The Bertz CT molecular complexity index is 1470. The van der Waals surface area contributed by atoms with Gasteiger partial charge in [-0.1, -0.05) is 12.1 Å². The lowest BCUT2D eigenvalue weighted by molar-refractivity contribution is -0.385. The average molecular weight is 529 g/mol. The topological polar surface area (TPSA) is 128 Å². The monoisotopic (exact) mass is 528 g/mol. The summed E-state index contributed by atoms with van der Waals surface area (Å²) in [5.74, 6) is 1.07. The average Bonchev–Trinajstić information content (AvgIpc) is 3.35. The van der Waals surface area contributed by atoms with Crippen molar-refractivity contribution in [2.24, 2.45) is 0 Å². The Morgan fingerprint density at radius 1 is 0.949 bits per heavy atom. The van der Waals surface area contributed by atoms with Crippen molar-refractivity contribution in [3.8, 4) is 22.8 Å². The summed E-state index contributed by atoms with van der Waals surface area (Å²) in [6, 6.07) is 14.5. The molecule has 2 fully saturated rings. The van der Waals surface area contributed by atoms with E-state index in [4.69, 9.17) is 15.6 Å². The predicted molar refractivity (Wildman–Crippen MR) is 149 cm³/mol. The highest BCUT2D eigenvalue weighted by molar-refractivity contribution is 5.98. The maximum absolute atomic E-state index is 11.3. The highest BCUT2D eigenvalue weighted by Crippen LogP contribution is 2.38. The molecule has 2 N–H and O–H groups in total. The summed E-state index contributed by atoms with van der Waals surface area (Å²) in [6.07, 6.45) is 5.87. The first-order valence-corrected chi connectivity index (χ1v) is 13.4. The number of hydrogen-bond donors (Lipinski definition) is 1. The molecule has 2 aromatic carbocycles. The van der Waals surface area contributed by atoms with E-state index in [0.717, 1.165) is 74.2 Å². The van der Waals surface area contributed by atoms with Gasteiger partial charge in [0.1, 0.15) is 23.6 Å². The summed E-state index contributed by atoms with van der Waals surface area (Å²) in [4.78, 5) is 24.8. The van der Waals surface area contributed by atoms with Gasteiger partial charge in [-0.25, -0.2) is 14.6 Å². The second kappa shape index (κ2) is 10.6. The Morgan fingerprint density at radius 3 is 2.36 bits per heavy atom. The number of aromatic nitrogens is 4. The van der Waals surface area contributed by atoms with Crippen molar-refractivity contribution in [3.63, 3.8) is 0 Å². The first-order chi connectivity index (χ1) is 19.0. The molecule has 2 aromatic heterocycles. The number of anilines is 1. The Labute approximate surface area is 226 Å². The summed E-state index contributed by atoms with van der Waals surface area (Å²) in [7, 11) is 2.19. The van der Waals surface area contributed by atoms with Crippen LogP contribution in [-0.4, -0.2) is 73.7 Å². The molecular weight excluding hydrogens is 496 g/mol. The number of fused-ring (bicyclic) bond motifs is 1. The molecule has 6 rings (SSSR count). The molecule has 0 unspecified atom stereocenters. The number of para-hydroxylation sites is 2. The normalized spacial score (nSPS) is 20.7. The van der Waals surface area contributed by atoms with Gasteiger partial charge < -0.3 is 15.4 Å². The second-order valence-electron chi connectivity index (χ2n) is 10.4. The first-order valence-electron chi connectivity index (χ1n) is 13.4. The number of likely N-dealkylation sites (N-methyl/N-ethyl adjacent to an activating group) is 1. The van der Waals surface area contributed by atoms with Gasteiger partial charge in [0.15, 0.2) is 5.65 Å². The van der Waals surface area contributed by atoms with Crippen LogP contribution in [0.1, 0.15) is 31.7 Å². The van der Waals surface area contributed by atoms with Crippen LogP contribution in [0.25, 0.3) is 22.3 Å². The van der Waals surface area contributed by atoms with Gasteiger partial charge in [0, 0.05) is 43.9 Å². The molecule has 1 aliphatic heterocycles. The van der Waals surface area contributed by atoms with Crippen LogP contribution in [0.5, 0.6) is 11.5 Å². The van der Waals surface area contributed by atoms with Crippen molar-refractivity contribution in [3.05, 3.63) is 65.0 Å². The van der Waals surface area contributed by atoms with Crippen LogP contribution in [0.3, 0.4) is 0 Å². The van der Waals surface area contributed by atoms with E-state index in [9.17, 15) is 10.1 Å². The van der Waals surface area contributed by atoms with E-state index in [1.54, 1.807) is 30.3 Å². The highest BCUT2D eigenvalue weighted by Gasteiger charge is 2.30. The van der Waals surface area contributed by atoms with Gasteiger partial charge in [-0.05, 0) is 63.1 Å². The van der Waals surface area contributed by atoms with Crippen LogP contribution in [0.2, 0.25) is 0 Å². The van der Waals surface area contributed by atoms with Crippen molar-refractivity contribution >= 4 is 22.5 Å². The predicted octanol–water partition coefficient (Wildman–Crippen LogP) is 4.51. The van der Waals surface area contributed by atoms with Crippen LogP contribution in [0.15, 0.2) is 54.9 Å². The van der Waals surface area contributed by atoms with E-state index in [1.807, 2.05) is 16.8 Å². The number of nitrogen functional groups attached to an aromatic ring is 1. The number of hydrogen-bond acceptors (Lipinski definition) is 9. The number of nitro benzene ring substituents is 1. The number of nitrogens with two attached hydrogens (primary N) is 1. The lowest BCUT2D eigenvalue weighted by Gasteiger charge is -2.41. The van der Waals surface area contributed by atoms with Gasteiger partial charge in [-0.15, -0.1) is 0 Å². The molecular formula is C28H32N8O3. The number of nitrogens with zero attached hydrogens (tertiary/aromatic N) is 7. The summed E-state index contributed by atoms with van der Waals surface area (Å²) in [6.45, 7) is 4.55. The van der Waals surface area contributed by atoms with Gasteiger partial charge in [0.05, 0.1) is 16.4 Å². The van der Waals surface area contributed by atoms with Gasteiger partial charge in [0.2, 0.25) is 5.75 Å². The summed E-state index contributed by atoms with van der Waals surface area (Å²) < 4.78 is 7.86. The molecule has 0 radical (unpaired) electrons. The molecule has 4 aromatic rings. The molecule has 202 valence electrons. The smallest absolute Gasteiger partial charge is 0.311 e. The van der Waals surface area contributed by atoms with Crippen LogP contribution >= 0.6 is 0 Å². The van der Waals surface area contributed by atoms with E-state index >= 15 is 0 Å². The minimum absolute atomic E-state index is 0.0846. The molecule has 11 nitrogen and oxygen atoms in total. The zero-order valence-corrected chi connectivity index (χ0v) is 21.9. The maximum atomic E-state index is 11.3. The largest absolute Gasteiger partial charge is 0.450 e. The van der Waals surface area contributed by atoms with E-state index in [1.165, 1.54) is 12.4 Å². The van der Waals surface area contributed by atoms with Gasteiger partial charge in [-0.3, -0.25) is 15.0 Å². The lowest BCUT2D eigenvalue weighted by Crippen LogP contribution is -2.49. The molecule has 1 saturated carbocycles. The molecule has 0 spiro atoms. The number of piperazine rings is 1. The Balaban J connectivity index is 1.24.